The lowest BCUT2D eigenvalue weighted by Gasteiger charge is -2.12. The average molecular weight is 449 g/mol. The minimum Gasteiger partial charge on any atom is -0.481 e. The molecule has 0 amide bonds. The van der Waals surface area contributed by atoms with Gasteiger partial charge in [0.2, 0.25) is 0 Å². The van der Waals surface area contributed by atoms with Crippen molar-refractivity contribution >= 4 is 49.4 Å². The second-order valence-corrected chi connectivity index (χ2v) is 6.91. The van der Waals surface area contributed by atoms with E-state index in [0.717, 1.165) is 15.6 Å². The number of hydrogen-bond acceptors (Lipinski definition) is 3. The molecule has 0 N–H and O–H groups in total. The molecule has 0 aliphatic heterocycles. The van der Waals surface area contributed by atoms with Crippen molar-refractivity contribution in [2.45, 2.75) is 13.8 Å². The van der Waals surface area contributed by atoms with E-state index in [1.807, 2.05) is 26.0 Å². The minimum atomic E-state index is -0.482. The minimum absolute atomic E-state index is 0.168. The lowest BCUT2D eigenvalue weighted by molar-refractivity contribution is -0.136. The summed E-state index contributed by atoms with van der Waals surface area (Å²) in [5.41, 5.74) is 1.90. The third-order valence-corrected chi connectivity index (χ3v) is 4.19. The third-order valence-electron chi connectivity index (χ3n) is 2.88. The van der Waals surface area contributed by atoms with Crippen LogP contribution in [0.4, 0.5) is 0 Å². The SMILES string of the molecule is Cc1cc(Br)cc(C)c1OCC(=O)Oc1ccc(Cl)cc1Br. The first-order valence-electron chi connectivity index (χ1n) is 6.42. The predicted octanol–water partition coefficient (Wildman–Crippen LogP) is 5.47. The van der Waals surface area contributed by atoms with Crippen LogP contribution in [0.2, 0.25) is 5.02 Å². The summed E-state index contributed by atoms with van der Waals surface area (Å²) >= 11 is 12.6. The molecule has 0 spiro atoms. The van der Waals surface area contributed by atoms with Crippen molar-refractivity contribution in [3.05, 3.63) is 55.4 Å². The van der Waals surface area contributed by atoms with Gasteiger partial charge in [0.25, 0.3) is 0 Å². The number of rotatable bonds is 4. The standard InChI is InChI=1S/C16H13Br2ClO3/c1-9-5-11(17)6-10(2)16(9)21-8-15(20)22-14-4-3-12(19)7-13(14)18/h3-7H,8H2,1-2H3. The van der Waals surface area contributed by atoms with Gasteiger partial charge in [0.05, 0.1) is 4.47 Å². The molecule has 2 rings (SSSR count). The largest absolute Gasteiger partial charge is 0.481 e. The normalized spacial score (nSPS) is 10.4. The second-order valence-electron chi connectivity index (χ2n) is 4.71. The van der Waals surface area contributed by atoms with E-state index in [-0.39, 0.29) is 6.61 Å². The Labute approximate surface area is 150 Å². The van der Waals surface area contributed by atoms with E-state index in [2.05, 4.69) is 31.9 Å². The molecule has 0 heterocycles. The van der Waals surface area contributed by atoms with E-state index in [1.54, 1.807) is 18.2 Å². The summed E-state index contributed by atoms with van der Waals surface area (Å²) in [5.74, 6) is 0.613. The molecule has 3 nitrogen and oxygen atoms in total. The first kappa shape index (κ1) is 17.3. The van der Waals surface area contributed by atoms with Crippen molar-refractivity contribution in [1.82, 2.24) is 0 Å². The van der Waals surface area contributed by atoms with Gasteiger partial charge >= 0.3 is 5.97 Å². The zero-order valence-electron chi connectivity index (χ0n) is 12.0. The molecule has 0 bridgehead atoms. The van der Waals surface area contributed by atoms with Gasteiger partial charge in [-0.1, -0.05) is 27.5 Å². The maximum absolute atomic E-state index is 11.9. The van der Waals surface area contributed by atoms with Gasteiger partial charge < -0.3 is 9.47 Å². The van der Waals surface area contributed by atoms with Gasteiger partial charge in [0, 0.05) is 9.50 Å². The first-order chi connectivity index (χ1) is 10.4. The molecule has 2 aromatic rings. The van der Waals surface area contributed by atoms with Crippen LogP contribution in [0, 0.1) is 13.8 Å². The fourth-order valence-electron chi connectivity index (χ4n) is 1.97. The lowest BCUT2D eigenvalue weighted by Crippen LogP contribution is -2.18. The Bertz CT molecular complexity index is 694. The lowest BCUT2D eigenvalue weighted by atomic mass is 10.1. The first-order valence-corrected chi connectivity index (χ1v) is 8.38. The van der Waals surface area contributed by atoms with E-state index in [0.29, 0.717) is 21.0 Å². The number of hydrogen-bond donors (Lipinski definition) is 0. The maximum Gasteiger partial charge on any atom is 0.349 e. The zero-order valence-corrected chi connectivity index (χ0v) is 15.9. The molecule has 0 aliphatic carbocycles. The highest BCUT2D eigenvalue weighted by atomic mass is 79.9. The van der Waals surface area contributed by atoms with Crippen LogP contribution >= 0.6 is 43.5 Å². The molecule has 0 atom stereocenters. The topological polar surface area (TPSA) is 35.5 Å². The Hall–Kier alpha value is -1.04. The summed E-state index contributed by atoms with van der Waals surface area (Å²) < 4.78 is 12.4. The fraction of sp³-hybridized carbons (Fsp3) is 0.188. The van der Waals surface area contributed by atoms with E-state index < -0.39 is 5.97 Å². The van der Waals surface area contributed by atoms with Crippen molar-refractivity contribution in [3.63, 3.8) is 0 Å². The van der Waals surface area contributed by atoms with Crippen LogP contribution in [0.5, 0.6) is 11.5 Å². The molecule has 0 fully saturated rings. The van der Waals surface area contributed by atoms with Crippen LogP contribution in [-0.2, 0) is 4.79 Å². The van der Waals surface area contributed by atoms with Crippen LogP contribution in [0.3, 0.4) is 0 Å². The molecule has 6 heteroatoms. The molecule has 0 saturated carbocycles. The molecule has 0 aliphatic rings. The van der Waals surface area contributed by atoms with Crippen LogP contribution in [-0.4, -0.2) is 12.6 Å². The van der Waals surface area contributed by atoms with Crippen molar-refractivity contribution in [3.8, 4) is 11.5 Å². The number of carbonyl (C=O) groups is 1. The molecular formula is C16H13Br2ClO3. The van der Waals surface area contributed by atoms with Gasteiger partial charge in [-0.25, -0.2) is 4.79 Å². The number of ether oxygens (including phenoxy) is 2. The molecule has 22 heavy (non-hydrogen) atoms. The Morgan fingerprint density at radius 3 is 2.36 bits per heavy atom. The monoisotopic (exact) mass is 446 g/mol. The molecule has 2 aromatic carbocycles. The number of benzene rings is 2. The Morgan fingerprint density at radius 2 is 1.77 bits per heavy atom. The highest BCUT2D eigenvalue weighted by Gasteiger charge is 2.12. The quantitative estimate of drug-likeness (QED) is 0.460. The second kappa shape index (κ2) is 7.49. The summed E-state index contributed by atoms with van der Waals surface area (Å²) in [6.45, 7) is 3.68. The van der Waals surface area contributed by atoms with Gasteiger partial charge in [-0.05, 0) is 71.2 Å². The van der Waals surface area contributed by atoms with Crippen LogP contribution in [0.1, 0.15) is 11.1 Å². The Kier molecular flexibility index (Phi) is 5.89. The van der Waals surface area contributed by atoms with Crippen molar-refractivity contribution < 1.29 is 14.3 Å². The Morgan fingerprint density at radius 1 is 1.14 bits per heavy atom. The summed E-state index contributed by atoms with van der Waals surface area (Å²) in [7, 11) is 0. The van der Waals surface area contributed by atoms with E-state index >= 15 is 0 Å². The third kappa shape index (κ3) is 4.48. The highest BCUT2D eigenvalue weighted by molar-refractivity contribution is 9.10. The predicted molar refractivity (Wildman–Crippen MR) is 93.9 cm³/mol. The zero-order chi connectivity index (χ0) is 16.3. The number of carbonyl (C=O) groups excluding carboxylic acids is 1. The van der Waals surface area contributed by atoms with E-state index in [4.69, 9.17) is 21.1 Å². The van der Waals surface area contributed by atoms with E-state index in [9.17, 15) is 4.79 Å². The fourth-order valence-corrected chi connectivity index (χ4v) is 3.42. The van der Waals surface area contributed by atoms with Gasteiger partial charge in [-0.15, -0.1) is 0 Å². The molecule has 0 radical (unpaired) electrons. The average Bonchev–Trinajstić information content (AvgIpc) is 2.40. The number of esters is 1. The summed E-state index contributed by atoms with van der Waals surface area (Å²) in [6.07, 6.45) is 0. The van der Waals surface area contributed by atoms with Crippen molar-refractivity contribution in [2.24, 2.45) is 0 Å². The van der Waals surface area contributed by atoms with Gasteiger partial charge in [-0.2, -0.15) is 0 Å². The Balaban J connectivity index is 2.02. The van der Waals surface area contributed by atoms with Crippen molar-refractivity contribution in [1.29, 1.82) is 0 Å². The van der Waals surface area contributed by atoms with Crippen LogP contribution in [0.25, 0.3) is 0 Å². The highest BCUT2D eigenvalue weighted by Crippen LogP contribution is 2.29. The molecule has 116 valence electrons. The van der Waals surface area contributed by atoms with Gasteiger partial charge in [-0.3, -0.25) is 0 Å². The maximum atomic E-state index is 11.9. The molecule has 0 aromatic heterocycles. The van der Waals surface area contributed by atoms with E-state index in [1.165, 1.54) is 0 Å². The van der Waals surface area contributed by atoms with Crippen LogP contribution < -0.4 is 9.47 Å². The smallest absolute Gasteiger partial charge is 0.349 e. The summed E-state index contributed by atoms with van der Waals surface area (Å²) in [5, 5.41) is 0.559. The number of aryl methyl sites for hydroxylation is 2. The number of halogens is 3. The molecular weight excluding hydrogens is 435 g/mol. The molecule has 0 saturated heterocycles. The van der Waals surface area contributed by atoms with Gasteiger partial charge in [0.1, 0.15) is 11.5 Å². The molecule has 0 unspecified atom stereocenters. The van der Waals surface area contributed by atoms with Gasteiger partial charge in [0.15, 0.2) is 6.61 Å². The summed E-state index contributed by atoms with van der Waals surface area (Å²) in [4.78, 5) is 11.9. The van der Waals surface area contributed by atoms with Crippen LogP contribution in [0.15, 0.2) is 39.3 Å². The van der Waals surface area contributed by atoms with Crippen molar-refractivity contribution in [2.75, 3.05) is 6.61 Å². The summed E-state index contributed by atoms with van der Waals surface area (Å²) in [6, 6.07) is 8.81.